The van der Waals surface area contributed by atoms with Gasteiger partial charge < -0.3 is 10.4 Å². The number of phenols is 1. The molecule has 2 heterocycles. The van der Waals surface area contributed by atoms with E-state index >= 15 is 0 Å². The van der Waals surface area contributed by atoms with Gasteiger partial charge in [0.2, 0.25) is 0 Å². The van der Waals surface area contributed by atoms with Gasteiger partial charge in [0.25, 0.3) is 0 Å². The molecule has 1 aliphatic heterocycles. The first-order valence-corrected chi connectivity index (χ1v) is 7.85. The smallest absolute Gasteiger partial charge is 0.115 e. The van der Waals surface area contributed by atoms with Gasteiger partial charge in [0.1, 0.15) is 5.75 Å². The molecule has 116 valence electrons. The van der Waals surface area contributed by atoms with Crippen LogP contribution < -0.4 is 5.32 Å². The fraction of sp³-hybridized carbons (Fsp3) is 0.211. The molecule has 0 fully saturated rings. The number of aromatic nitrogens is 2. The lowest BCUT2D eigenvalue weighted by Gasteiger charge is -2.12. The van der Waals surface area contributed by atoms with Gasteiger partial charge in [-0.3, -0.25) is 4.68 Å². The highest BCUT2D eigenvalue weighted by Crippen LogP contribution is 2.32. The average Bonchev–Trinajstić information content (AvgIpc) is 3.09. The van der Waals surface area contributed by atoms with Gasteiger partial charge in [0.05, 0.1) is 17.9 Å². The molecule has 0 bridgehead atoms. The molecule has 1 aromatic heterocycles. The molecule has 0 atom stereocenters. The van der Waals surface area contributed by atoms with Crippen molar-refractivity contribution in [3.63, 3.8) is 0 Å². The van der Waals surface area contributed by atoms with Gasteiger partial charge in [0.15, 0.2) is 0 Å². The summed E-state index contributed by atoms with van der Waals surface area (Å²) in [5.41, 5.74) is 7.13. The summed E-state index contributed by atoms with van der Waals surface area (Å²) in [6, 6.07) is 15.8. The van der Waals surface area contributed by atoms with E-state index in [0.29, 0.717) is 12.3 Å². The quantitative estimate of drug-likeness (QED) is 0.781. The number of nitrogens with zero attached hydrogens (tertiary/aromatic N) is 2. The molecule has 4 heteroatoms. The van der Waals surface area contributed by atoms with E-state index < -0.39 is 0 Å². The van der Waals surface area contributed by atoms with E-state index in [2.05, 4.69) is 41.2 Å². The van der Waals surface area contributed by atoms with Gasteiger partial charge >= 0.3 is 0 Å². The minimum atomic E-state index is 0.293. The Morgan fingerprint density at radius 3 is 2.83 bits per heavy atom. The molecule has 0 saturated heterocycles. The minimum Gasteiger partial charge on any atom is -0.508 e. The van der Waals surface area contributed by atoms with Crippen LogP contribution in [0.25, 0.3) is 11.3 Å². The van der Waals surface area contributed by atoms with Crippen molar-refractivity contribution in [1.29, 1.82) is 0 Å². The zero-order valence-corrected chi connectivity index (χ0v) is 13.1. The van der Waals surface area contributed by atoms with Gasteiger partial charge in [-0.05, 0) is 30.2 Å². The molecule has 0 radical (unpaired) electrons. The normalized spacial score (nSPS) is 13.3. The monoisotopic (exact) mass is 305 g/mol. The van der Waals surface area contributed by atoms with E-state index in [9.17, 15) is 5.11 Å². The number of benzene rings is 2. The van der Waals surface area contributed by atoms with Gasteiger partial charge in [-0.25, -0.2) is 0 Å². The summed E-state index contributed by atoms with van der Waals surface area (Å²) in [5.74, 6) is 0.293. The number of nitrogens with one attached hydrogen (secondary N) is 1. The highest BCUT2D eigenvalue weighted by atomic mass is 16.3. The second-order valence-corrected chi connectivity index (χ2v) is 6.02. The second kappa shape index (κ2) is 5.56. The number of hydrogen-bond acceptors (Lipinski definition) is 3. The van der Waals surface area contributed by atoms with Crippen LogP contribution in [0.4, 0.5) is 0 Å². The molecular formula is C19H19N3O. The molecule has 0 unspecified atom stereocenters. The van der Waals surface area contributed by atoms with Crippen molar-refractivity contribution >= 4 is 0 Å². The van der Waals surface area contributed by atoms with E-state index in [1.54, 1.807) is 12.1 Å². The van der Waals surface area contributed by atoms with Crippen molar-refractivity contribution in [3.05, 3.63) is 70.9 Å². The van der Waals surface area contributed by atoms with E-state index in [-0.39, 0.29) is 0 Å². The first-order chi connectivity index (χ1) is 11.2. The molecule has 2 aromatic carbocycles. The summed E-state index contributed by atoms with van der Waals surface area (Å²) >= 11 is 0. The zero-order valence-electron chi connectivity index (χ0n) is 13.1. The lowest BCUT2D eigenvalue weighted by molar-refractivity contribution is 0.474. The Labute approximate surface area is 135 Å². The van der Waals surface area contributed by atoms with E-state index in [0.717, 1.165) is 24.3 Å². The van der Waals surface area contributed by atoms with Crippen molar-refractivity contribution in [1.82, 2.24) is 15.1 Å². The number of aromatic hydroxyl groups is 1. The standard InChI is InChI=1S/C19H19N3O/c1-13-5-2-3-8-16(13)19-17-10-20-11-18(17)21-22(19)12-14-6-4-7-15(23)9-14/h2-9,20,23H,10-12H2,1H3. The first-order valence-electron chi connectivity index (χ1n) is 7.85. The highest BCUT2D eigenvalue weighted by molar-refractivity contribution is 5.68. The number of fused-ring (bicyclic) bond motifs is 1. The maximum Gasteiger partial charge on any atom is 0.115 e. The fourth-order valence-corrected chi connectivity index (χ4v) is 3.26. The van der Waals surface area contributed by atoms with Crippen molar-refractivity contribution in [2.75, 3.05) is 0 Å². The molecule has 4 nitrogen and oxygen atoms in total. The third-order valence-corrected chi connectivity index (χ3v) is 4.37. The maximum atomic E-state index is 9.70. The maximum absolute atomic E-state index is 9.70. The first kappa shape index (κ1) is 14.0. The minimum absolute atomic E-state index is 0.293. The summed E-state index contributed by atoms with van der Waals surface area (Å²) < 4.78 is 2.07. The van der Waals surface area contributed by atoms with Crippen LogP contribution in [-0.2, 0) is 19.6 Å². The topological polar surface area (TPSA) is 50.1 Å². The number of hydrogen-bond donors (Lipinski definition) is 2. The molecule has 0 amide bonds. The number of rotatable bonds is 3. The van der Waals surface area contributed by atoms with Gasteiger partial charge in [-0.1, -0.05) is 36.4 Å². The fourth-order valence-electron chi connectivity index (χ4n) is 3.26. The molecule has 0 saturated carbocycles. The third-order valence-electron chi connectivity index (χ3n) is 4.37. The Kier molecular flexibility index (Phi) is 3.39. The van der Waals surface area contributed by atoms with Crippen molar-refractivity contribution in [3.8, 4) is 17.0 Å². The van der Waals surface area contributed by atoms with Crippen molar-refractivity contribution < 1.29 is 5.11 Å². The number of aryl methyl sites for hydroxylation is 1. The average molecular weight is 305 g/mol. The third kappa shape index (κ3) is 2.51. The van der Waals surface area contributed by atoms with Crippen LogP contribution in [0.2, 0.25) is 0 Å². The van der Waals surface area contributed by atoms with Crippen LogP contribution in [0.3, 0.4) is 0 Å². The summed E-state index contributed by atoms with van der Waals surface area (Å²) in [7, 11) is 0. The predicted molar refractivity (Wildman–Crippen MR) is 90.2 cm³/mol. The van der Waals surface area contributed by atoms with Crippen LogP contribution in [0.15, 0.2) is 48.5 Å². The van der Waals surface area contributed by atoms with Gasteiger partial charge in [0, 0.05) is 24.2 Å². The van der Waals surface area contributed by atoms with Crippen LogP contribution in [0.1, 0.15) is 22.4 Å². The summed E-state index contributed by atoms with van der Waals surface area (Å²) in [6.07, 6.45) is 0. The summed E-state index contributed by atoms with van der Waals surface area (Å²) in [4.78, 5) is 0. The van der Waals surface area contributed by atoms with E-state index in [1.165, 1.54) is 22.4 Å². The molecule has 1 aliphatic rings. The Hall–Kier alpha value is -2.59. The largest absolute Gasteiger partial charge is 0.508 e. The van der Waals surface area contributed by atoms with Crippen molar-refractivity contribution in [2.24, 2.45) is 0 Å². The van der Waals surface area contributed by atoms with E-state index in [1.807, 2.05) is 12.1 Å². The molecule has 0 spiro atoms. The summed E-state index contributed by atoms with van der Waals surface area (Å²) in [6.45, 7) is 4.47. The second-order valence-electron chi connectivity index (χ2n) is 6.02. The van der Waals surface area contributed by atoms with Crippen LogP contribution >= 0.6 is 0 Å². The molecule has 2 N–H and O–H groups in total. The molecule has 0 aliphatic carbocycles. The van der Waals surface area contributed by atoms with Crippen LogP contribution in [0.5, 0.6) is 5.75 Å². The predicted octanol–water partition coefficient (Wildman–Crippen LogP) is 3.22. The zero-order chi connectivity index (χ0) is 15.8. The highest BCUT2D eigenvalue weighted by Gasteiger charge is 2.23. The Bertz CT molecular complexity index is 867. The lowest BCUT2D eigenvalue weighted by Crippen LogP contribution is -2.10. The van der Waals surface area contributed by atoms with Crippen molar-refractivity contribution in [2.45, 2.75) is 26.6 Å². The Morgan fingerprint density at radius 1 is 1.13 bits per heavy atom. The summed E-state index contributed by atoms with van der Waals surface area (Å²) in [5, 5.41) is 17.9. The lowest BCUT2D eigenvalue weighted by atomic mass is 10.0. The Morgan fingerprint density at radius 2 is 2.00 bits per heavy atom. The molecule has 4 rings (SSSR count). The van der Waals surface area contributed by atoms with Gasteiger partial charge in [-0.2, -0.15) is 5.10 Å². The molecule has 3 aromatic rings. The van der Waals surface area contributed by atoms with Gasteiger partial charge in [-0.15, -0.1) is 0 Å². The van der Waals surface area contributed by atoms with E-state index in [4.69, 9.17) is 5.10 Å². The number of phenolic OH excluding ortho intramolecular Hbond substituents is 1. The van der Waals surface area contributed by atoms with Crippen LogP contribution in [-0.4, -0.2) is 14.9 Å². The Balaban J connectivity index is 1.83. The molecule has 23 heavy (non-hydrogen) atoms. The molecular weight excluding hydrogens is 286 g/mol. The van der Waals surface area contributed by atoms with Crippen LogP contribution in [0, 0.1) is 6.92 Å². The SMILES string of the molecule is Cc1ccccc1-c1c2c(nn1Cc1cccc(O)c1)CNC2.